The second-order valence-corrected chi connectivity index (χ2v) is 5.48. The first-order valence-electron chi connectivity index (χ1n) is 6.61. The minimum atomic E-state index is -4.42. The SMILES string of the molecule is COC1(c2noc(C3(C(F)(F)F)CCNC3)n2)CCC1. The zero-order valence-electron chi connectivity index (χ0n) is 11.1. The van der Waals surface area contributed by atoms with Gasteiger partial charge in [-0.05, 0) is 32.2 Å². The van der Waals surface area contributed by atoms with Crippen LogP contribution in [0, 0.1) is 0 Å². The second kappa shape index (κ2) is 4.42. The zero-order valence-corrected chi connectivity index (χ0v) is 11.1. The topological polar surface area (TPSA) is 60.2 Å². The zero-order chi connectivity index (χ0) is 14.4. The van der Waals surface area contributed by atoms with Gasteiger partial charge in [0.15, 0.2) is 5.41 Å². The van der Waals surface area contributed by atoms with E-state index in [9.17, 15) is 13.2 Å². The van der Waals surface area contributed by atoms with E-state index in [0.717, 1.165) is 6.42 Å². The van der Waals surface area contributed by atoms with Gasteiger partial charge in [-0.1, -0.05) is 5.16 Å². The molecule has 0 spiro atoms. The van der Waals surface area contributed by atoms with Crippen LogP contribution in [-0.4, -0.2) is 36.5 Å². The summed E-state index contributed by atoms with van der Waals surface area (Å²) in [5, 5.41) is 6.47. The molecule has 5 nitrogen and oxygen atoms in total. The standard InChI is InChI=1S/C12H16F3N3O2/c1-19-11(3-2-4-11)8-17-9(20-18-8)10(12(13,14)15)5-6-16-7-10/h16H,2-7H2,1H3. The number of halogens is 3. The predicted molar refractivity (Wildman–Crippen MR) is 62.1 cm³/mol. The molecule has 8 heteroatoms. The van der Waals surface area contributed by atoms with Gasteiger partial charge in [-0.15, -0.1) is 0 Å². The van der Waals surface area contributed by atoms with E-state index in [-0.39, 0.29) is 31.2 Å². The van der Waals surface area contributed by atoms with E-state index in [1.54, 1.807) is 0 Å². The predicted octanol–water partition coefficient (Wildman–Crippen LogP) is 1.89. The quantitative estimate of drug-likeness (QED) is 0.921. The van der Waals surface area contributed by atoms with Crippen molar-refractivity contribution in [1.82, 2.24) is 15.5 Å². The van der Waals surface area contributed by atoms with Crippen molar-refractivity contribution in [3.63, 3.8) is 0 Å². The first-order chi connectivity index (χ1) is 9.44. The molecule has 1 atom stereocenters. The molecule has 0 radical (unpaired) electrons. The monoisotopic (exact) mass is 291 g/mol. The van der Waals surface area contributed by atoms with Gasteiger partial charge in [0.1, 0.15) is 5.60 Å². The van der Waals surface area contributed by atoms with Gasteiger partial charge >= 0.3 is 6.18 Å². The summed E-state index contributed by atoms with van der Waals surface area (Å²) in [5.74, 6) is -0.120. The molecule has 1 aliphatic carbocycles. The second-order valence-electron chi connectivity index (χ2n) is 5.48. The largest absolute Gasteiger partial charge is 0.404 e. The van der Waals surface area contributed by atoms with Crippen molar-refractivity contribution in [3.05, 3.63) is 11.7 Å². The normalized spacial score (nSPS) is 29.4. The van der Waals surface area contributed by atoms with E-state index in [0.29, 0.717) is 12.8 Å². The highest BCUT2D eigenvalue weighted by atomic mass is 19.4. The summed E-state index contributed by atoms with van der Waals surface area (Å²) in [4.78, 5) is 4.03. The third kappa shape index (κ3) is 1.77. The highest BCUT2D eigenvalue weighted by molar-refractivity contribution is 5.17. The van der Waals surface area contributed by atoms with E-state index in [4.69, 9.17) is 9.26 Å². The van der Waals surface area contributed by atoms with Crippen molar-refractivity contribution < 1.29 is 22.4 Å². The highest BCUT2D eigenvalue weighted by Crippen LogP contribution is 2.47. The van der Waals surface area contributed by atoms with Crippen molar-refractivity contribution in [2.75, 3.05) is 20.2 Å². The van der Waals surface area contributed by atoms with E-state index < -0.39 is 17.2 Å². The lowest BCUT2D eigenvalue weighted by molar-refractivity contribution is -0.191. The van der Waals surface area contributed by atoms with Crippen LogP contribution in [0.25, 0.3) is 0 Å². The Labute approximate surface area is 113 Å². The average molecular weight is 291 g/mol. The molecule has 2 heterocycles. The summed E-state index contributed by atoms with van der Waals surface area (Å²) in [6, 6.07) is 0. The van der Waals surface area contributed by atoms with Crippen molar-refractivity contribution in [2.24, 2.45) is 0 Å². The lowest BCUT2D eigenvalue weighted by Crippen LogP contribution is -2.45. The van der Waals surface area contributed by atoms with E-state index in [2.05, 4.69) is 15.5 Å². The van der Waals surface area contributed by atoms with Gasteiger partial charge in [0.2, 0.25) is 11.7 Å². The Morgan fingerprint density at radius 3 is 2.50 bits per heavy atom. The summed E-state index contributed by atoms with van der Waals surface area (Å²) < 4.78 is 50.5. The molecule has 2 aliphatic rings. The number of nitrogens with one attached hydrogen (secondary N) is 1. The molecule has 1 saturated heterocycles. The maximum atomic E-state index is 13.4. The molecule has 1 N–H and O–H groups in total. The van der Waals surface area contributed by atoms with Crippen LogP contribution in [0.5, 0.6) is 0 Å². The fourth-order valence-electron chi connectivity index (χ4n) is 2.86. The Balaban J connectivity index is 1.96. The van der Waals surface area contributed by atoms with Crippen LogP contribution < -0.4 is 5.32 Å². The van der Waals surface area contributed by atoms with Crippen molar-refractivity contribution >= 4 is 0 Å². The smallest absolute Gasteiger partial charge is 0.370 e. The molecule has 1 aliphatic heterocycles. The minimum Gasteiger partial charge on any atom is -0.370 e. The summed E-state index contributed by atoms with van der Waals surface area (Å²) >= 11 is 0. The van der Waals surface area contributed by atoms with Crippen LogP contribution in [0.15, 0.2) is 4.52 Å². The summed E-state index contributed by atoms with van der Waals surface area (Å²) in [6.45, 7) is 0.0603. The number of nitrogens with zero attached hydrogens (tertiary/aromatic N) is 2. The summed E-state index contributed by atoms with van der Waals surface area (Å²) in [7, 11) is 1.52. The highest BCUT2D eigenvalue weighted by Gasteiger charge is 2.61. The molecule has 1 aromatic heterocycles. The maximum Gasteiger partial charge on any atom is 0.404 e. The third-order valence-electron chi connectivity index (χ3n) is 4.49. The Morgan fingerprint density at radius 1 is 1.30 bits per heavy atom. The van der Waals surface area contributed by atoms with E-state index >= 15 is 0 Å². The molecule has 1 aromatic rings. The number of alkyl halides is 3. The average Bonchev–Trinajstić information content (AvgIpc) is 2.96. The number of hydrogen-bond donors (Lipinski definition) is 1. The first kappa shape index (κ1) is 13.8. The first-order valence-corrected chi connectivity index (χ1v) is 6.61. The summed E-state index contributed by atoms with van der Waals surface area (Å²) in [5.41, 5.74) is -2.74. The molecular formula is C12H16F3N3O2. The lowest BCUT2D eigenvalue weighted by Gasteiger charge is -2.37. The number of methoxy groups -OCH3 is 1. The third-order valence-corrected chi connectivity index (χ3v) is 4.49. The molecule has 1 saturated carbocycles. The Hall–Kier alpha value is -1.15. The van der Waals surface area contributed by atoms with Gasteiger partial charge in [-0.3, -0.25) is 0 Å². The molecule has 0 amide bonds. The Morgan fingerprint density at radius 2 is 2.05 bits per heavy atom. The van der Waals surface area contributed by atoms with E-state index in [1.807, 2.05) is 0 Å². The maximum absolute atomic E-state index is 13.4. The van der Waals surface area contributed by atoms with Crippen molar-refractivity contribution in [3.8, 4) is 0 Å². The molecule has 0 bridgehead atoms. The fraction of sp³-hybridized carbons (Fsp3) is 0.833. The van der Waals surface area contributed by atoms with Gasteiger partial charge in [0, 0.05) is 13.7 Å². The van der Waals surface area contributed by atoms with Gasteiger partial charge in [-0.2, -0.15) is 18.2 Å². The van der Waals surface area contributed by atoms with Gasteiger partial charge < -0.3 is 14.6 Å². The van der Waals surface area contributed by atoms with Crippen LogP contribution in [0.4, 0.5) is 13.2 Å². The number of aromatic nitrogens is 2. The molecule has 0 aromatic carbocycles. The van der Waals surface area contributed by atoms with Gasteiger partial charge in [0.05, 0.1) is 0 Å². The number of rotatable bonds is 3. The van der Waals surface area contributed by atoms with Crippen LogP contribution in [0.3, 0.4) is 0 Å². The number of ether oxygens (including phenoxy) is 1. The molecule has 3 rings (SSSR count). The number of hydrogen-bond acceptors (Lipinski definition) is 5. The van der Waals surface area contributed by atoms with Crippen LogP contribution in [0.2, 0.25) is 0 Å². The minimum absolute atomic E-state index is 0.0852. The van der Waals surface area contributed by atoms with Crippen molar-refractivity contribution in [2.45, 2.75) is 42.9 Å². The molecular weight excluding hydrogens is 275 g/mol. The summed E-state index contributed by atoms with van der Waals surface area (Å²) in [6.07, 6.45) is -2.14. The molecule has 2 fully saturated rings. The van der Waals surface area contributed by atoms with Crippen LogP contribution in [-0.2, 0) is 15.8 Å². The van der Waals surface area contributed by atoms with E-state index in [1.165, 1.54) is 7.11 Å². The molecule has 112 valence electrons. The van der Waals surface area contributed by atoms with Crippen LogP contribution in [0.1, 0.15) is 37.4 Å². The Bertz CT molecular complexity index is 485. The lowest BCUT2D eigenvalue weighted by atomic mass is 9.79. The van der Waals surface area contributed by atoms with Crippen LogP contribution >= 0.6 is 0 Å². The fourth-order valence-corrected chi connectivity index (χ4v) is 2.86. The Kier molecular flexibility index (Phi) is 3.06. The van der Waals surface area contributed by atoms with Gasteiger partial charge in [-0.25, -0.2) is 0 Å². The van der Waals surface area contributed by atoms with Gasteiger partial charge in [0.25, 0.3) is 0 Å². The molecule has 20 heavy (non-hydrogen) atoms. The van der Waals surface area contributed by atoms with Crippen molar-refractivity contribution in [1.29, 1.82) is 0 Å². The molecule has 1 unspecified atom stereocenters.